The lowest BCUT2D eigenvalue weighted by atomic mass is 10.0. The number of phenolic OH excluding ortho intramolecular Hbond substituents is 1. The lowest BCUT2D eigenvalue weighted by Crippen LogP contribution is -1.99. The highest BCUT2D eigenvalue weighted by Gasteiger charge is 2.10. The van der Waals surface area contributed by atoms with Crippen molar-refractivity contribution in [2.24, 2.45) is 5.10 Å². The van der Waals surface area contributed by atoms with Crippen LogP contribution in [0.2, 0.25) is 0 Å². The SMILES string of the molecule is Cc1cn(N=Cc2c(C)c(Br)cc(C)c2O)c(N)n1. The van der Waals surface area contributed by atoms with E-state index in [2.05, 4.69) is 26.0 Å². The predicted octanol–water partition coefficient (Wildman–Crippen LogP) is 2.74. The Kier molecular flexibility index (Phi) is 3.61. The van der Waals surface area contributed by atoms with E-state index in [1.807, 2.05) is 26.8 Å². The number of aromatic nitrogens is 2. The van der Waals surface area contributed by atoms with E-state index in [9.17, 15) is 5.11 Å². The van der Waals surface area contributed by atoms with Gasteiger partial charge in [0.2, 0.25) is 5.95 Å². The molecule has 0 fully saturated rings. The van der Waals surface area contributed by atoms with E-state index in [1.54, 1.807) is 12.4 Å². The van der Waals surface area contributed by atoms with Crippen molar-refractivity contribution in [3.63, 3.8) is 0 Å². The van der Waals surface area contributed by atoms with Crippen LogP contribution in [0.15, 0.2) is 21.8 Å². The summed E-state index contributed by atoms with van der Waals surface area (Å²) in [6, 6.07) is 1.87. The first-order valence-electron chi connectivity index (χ1n) is 5.74. The van der Waals surface area contributed by atoms with Gasteiger partial charge in [0.05, 0.1) is 18.1 Å². The molecule has 0 aliphatic heterocycles. The Morgan fingerprint density at radius 3 is 2.68 bits per heavy atom. The van der Waals surface area contributed by atoms with Crippen molar-refractivity contribution >= 4 is 28.1 Å². The zero-order valence-electron chi connectivity index (χ0n) is 11.0. The maximum Gasteiger partial charge on any atom is 0.221 e. The summed E-state index contributed by atoms with van der Waals surface area (Å²) in [6.45, 7) is 5.59. The minimum absolute atomic E-state index is 0.222. The van der Waals surface area contributed by atoms with Gasteiger partial charge in [0.1, 0.15) is 5.75 Å². The number of nitrogens with two attached hydrogens (primary N) is 1. The highest BCUT2D eigenvalue weighted by molar-refractivity contribution is 9.10. The average molecular weight is 323 g/mol. The third-order valence-corrected chi connectivity index (χ3v) is 3.70. The number of benzene rings is 1. The fraction of sp³-hybridized carbons (Fsp3) is 0.231. The smallest absolute Gasteiger partial charge is 0.221 e. The lowest BCUT2D eigenvalue weighted by Gasteiger charge is -2.09. The highest BCUT2D eigenvalue weighted by atomic mass is 79.9. The fourth-order valence-corrected chi connectivity index (χ4v) is 2.32. The zero-order valence-corrected chi connectivity index (χ0v) is 12.6. The molecule has 1 aromatic carbocycles. The summed E-state index contributed by atoms with van der Waals surface area (Å²) >= 11 is 3.46. The molecule has 6 heteroatoms. The first-order chi connectivity index (χ1) is 8.90. The maximum absolute atomic E-state index is 10.1. The van der Waals surface area contributed by atoms with Gasteiger partial charge in [-0.15, -0.1) is 0 Å². The molecule has 0 amide bonds. The molecule has 0 saturated heterocycles. The van der Waals surface area contributed by atoms with Crippen molar-refractivity contribution in [2.45, 2.75) is 20.8 Å². The maximum atomic E-state index is 10.1. The molecule has 0 saturated carbocycles. The summed E-state index contributed by atoms with van der Waals surface area (Å²) in [7, 11) is 0. The quantitative estimate of drug-likeness (QED) is 0.834. The number of halogens is 1. The van der Waals surface area contributed by atoms with Crippen LogP contribution >= 0.6 is 15.9 Å². The van der Waals surface area contributed by atoms with Gasteiger partial charge in [-0.05, 0) is 38.0 Å². The summed E-state index contributed by atoms with van der Waals surface area (Å²) in [4.78, 5) is 4.06. The molecule has 0 bridgehead atoms. The van der Waals surface area contributed by atoms with Gasteiger partial charge in [0.15, 0.2) is 0 Å². The molecule has 19 heavy (non-hydrogen) atoms. The van der Waals surface area contributed by atoms with Crippen molar-refractivity contribution in [3.8, 4) is 5.75 Å². The van der Waals surface area contributed by atoms with Gasteiger partial charge in [-0.2, -0.15) is 5.10 Å². The Balaban J connectivity index is 2.47. The van der Waals surface area contributed by atoms with E-state index in [0.717, 1.165) is 21.3 Å². The fourth-order valence-electron chi connectivity index (χ4n) is 1.76. The number of imidazole rings is 1. The van der Waals surface area contributed by atoms with Crippen molar-refractivity contribution in [1.82, 2.24) is 9.66 Å². The number of phenols is 1. The predicted molar refractivity (Wildman–Crippen MR) is 79.6 cm³/mol. The molecular formula is C13H15BrN4O. The third kappa shape index (κ3) is 2.63. The molecule has 1 heterocycles. The minimum Gasteiger partial charge on any atom is -0.507 e. The van der Waals surface area contributed by atoms with Crippen molar-refractivity contribution in [3.05, 3.63) is 39.1 Å². The van der Waals surface area contributed by atoms with Gasteiger partial charge in [-0.25, -0.2) is 9.66 Å². The molecule has 0 spiro atoms. The normalized spacial score (nSPS) is 11.4. The molecule has 0 aliphatic rings. The number of nitrogen functional groups attached to an aromatic ring is 1. The second-order valence-electron chi connectivity index (χ2n) is 4.39. The van der Waals surface area contributed by atoms with Gasteiger partial charge in [-0.3, -0.25) is 0 Å². The van der Waals surface area contributed by atoms with E-state index in [0.29, 0.717) is 11.5 Å². The molecule has 3 N–H and O–H groups in total. The molecule has 0 radical (unpaired) electrons. The molecular weight excluding hydrogens is 308 g/mol. The average Bonchev–Trinajstić information content (AvgIpc) is 2.65. The van der Waals surface area contributed by atoms with Gasteiger partial charge in [0, 0.05) is 10.0 Å². The lowest BCUT2D eigenvalue weighted by molar-refractivity contribution is 0.469. The number of aryl methyl sites for hydroxylation is 2. The topological polar surface area (TPSA) is 76.4 Å². The second kappa shape index (κ2) is 5.05. The largest absolute Gasteiger partial charge is 0.507 e. The van der Waals surface area contributed by atoms with Crippen LogP contribution in [0.4, 0.5) is 5.95 Å². The number of anilines is 1. The summed E-state index contributed by atoms with van der Waals surface area (Å²) in [6.07, 6.45) is 3.31. The van der Waals surface area contributed by atoms with Crippen LogP contribution in [0.1, 0.15) is 22.4 Å². The van der Waals surface area contributed by atoms with Crippen LogP contribution in [0, 0.1) is 20.8 Å². The number of aromatic hydroxyl groups is 1. The van der Waals surface area contributed by atoms with E-state index in [4.69, 9.17) is 5.73 Å². The van der Waals surface area contributed by atoms with Gasteiger partial charge in [-0.1, -0.05) is 15.9 Å². The molecule has 5 nitrogen and oxygen atoms in total. The van der Waals surface area contributed by atoms with Crippen LogP contribution in [0.3, 0.4) is 0 Å². The Bertz CT molecular complexity index is 635. The molecule has 1 aromatic heterocycles. The van der Waals surface area contributed by atoms with E-state index >= 15 is 0 Å². The summed E-state index contributed by atoms with van der Waals surface area (Å²) in [5, 5.41) is 14.3. The van der Waals surface area contributed by atoms with Gasteiger partial charge in [0.25, 0.3) is 0 Å². The Morgan fingerprint density at radius 2 is 2.11 bits per heavy atom. The van der Waals surface area contributed by atoms with Crippen LogP contribution < -0.4 is 5.73 Å². The number of rotatable bonds is 2. The molecule has 0 atom stereocenters. The van der Waals surface area contributed by atoms with Crippen molar-refractivity contribution < 1.29 is 5.11 Å². The van der Waals surface area contributed by atoms with Crippen molar-refractivity contribution in [2.75, 3.05) is 5.73 Å². The van der Waals surface area contributed by atoms with Gasteiger partial charge >= 0.3 is 0 Å². The van der Waals surface area contributed by atoms with E-state index < -0.39 is 0 Å². The highest BCUT2D eigenvalue weighted by Crippen LogP contribution is 2.30. The third-order valence-electron chi connectivity index (χ3n) is 2.88. The molecule has 100 valence electrons. The van der Waals surface area contributed by atoms with Crippen LogP contribution in [0.5, 0.6) is 5.75 Å². The summed E-state index contributed by atoms with van der Waals surface area (Å²) < 4.78 is 2.41. The molecule has 0 unspecified atom stereocenters. The number of nitrogens with zero attached hydrogens (tertiary/aromatic N) is 3. The first-order valence-corrected chi connectivity index (χ1v) is 6.54. The van der Waals surface area contributed by atoms with Gasteiger partial charge < -0.3 is 10.8 Å². The van der Waals surface area contributed by atoms with E-state index in [1.165, 1.54) is 4.68 Å². The van der Waals surface area contributed by atoms with Crippen molar-refractivity contribution in [1.29, 1.82) is 0 Å². The summed E-state index contributed by atoms with van der Waals surface area (Å²) in [5.41, 5.74) is 8.87. The van der Waals surface area contributed by atoms with Crippen LogP contribution in [0.25, 0.3) is 0 Å². The number of hydrogen-bond acceptors (Lipinski definition) is 4. The molecule has 0 aliphatic carbocycles. The number of hydrogen-bond donors (Lipinski definition) is 2. The first kappa shape index (κ1) is 13.6. The van der Waals surface area contributed by atoms with E-state index in [-0.39, 0.29) is 5.75 Å². The molecule has 2 rings (SSSR count). The monoisotopic (exact) mass is 322 g/mol. The summed E-state index contributed by atoms with van der Waals surface area (Å²) in [5.74, 6) is 0.539. The van der Waals surface area contributed by atoms with Crippen LogP contribution in [-0.2, 0) is 0 Å². The molecule has 2 aromatic rings. The Labute approximate surface area is 119 Å². The Morgan fingerprint density at radius 1 is 1.42 bits per heavy atom. The Hall–Kier alpha value is -1.82. The van der Waals surface area contributed by atoms with Crippen LogP contribution in [-0.4, -0.2) is 21.0 Å². The standard InChI is InChI=1S/C13H15BrN4O/c1-7-4-11(14)9(3)10(12(7)19)5-16-18-6-8(2)17-13(18)15/h4-6,19H,1-3H3,(H2,15,17). The minimum atomic E-state index is 0.222. The second-order valence-corrected chi connectivity index (χ2v) is 5.25. The zero-order chi connectivity index (χ0) is 14.2.